The van der Waals surface area contributed by atoms with E-state index < -0.39 is 0 Å². The summed E-state index contributed by atoms with van der Waals surface area (Å²) in [5.74, 6) is 0.527. The largest absolute Gasteiger partial charge is 0.325 e. The average molecular weight is 318 g/mol. The van der Waals surface area contributed by atoms with Crippen LogP contribution in [0.1, 0.15) is 32.1 Å². The summed E-state index contributed by atoms with van der Waals surface area (Å²) in [5, 5.41) is 4.45. The molecule has 0 saturated heterocycles. The van der Waals surface area contributed by atoms with Gasteiger partial charge in [0.1, 0.15) is 0 Å². The van der Waals surface area contributed by atoms with Crippen LogP contribution < -0.4 is 5.32 Å². The van der Waals surface area contributed by atoms with Crippen molar-refractivity contribution in [2.75, 3.05) is 11.1 Å². The Labute approximate surface area is 128 Å². The van der Waals surface area contributed by atoms with Crippen molar-refractivity contribution in [3.05, 3.63) is 28.2 Å². The second-order valence-corrected chi connectivity index (χ2v) is 6.85. The van der Waals surface area contributed by atoms with E-state index in [9.17, 15) is 4.79 Å². The number of rotatable bonds is 4. The van der Waals surface area contributed by atoms with Crippen molar-refractivity contribution in [2.24, 2.45) is 0 Å². The fourth-order valence-corrected chi connectivity index (χ4v) is 3.62. The zero-order valence-corrected chi connectivity index (χ0v) is 13.0. The van der Waals surface area contributed by atoms with Crippen molar-refractivity contribution in [2.45, 2.75) is 37.4 Å². The molecule has 19 heavy (non-hydrogen) atoms. The lowest BCUT2D eigenvalue weighted by molar-refractivity contribution is -0.113. The molecule has 0 unspecified atom stereocenters. The number of thioether (sulfide) groups is 1. The van der Waals surface area contributed by atoms with Crippen LogP contribution in [0.3, 0.4) is 0 Å². The lowest BCUT2D eigenvalue weighted by Crippen LogP contribution is -2.17. The van der Waals surface area contributed by atoms with E-state index in [0.717, 1.165) is 0 Å². The first-order chi connectivity index (χ1) is 9.15. The van der Waals surface area contributed by atoms with Crippen LogP contribution in [0.5, 0.6) is 0 Å². The van der Waals surface area contributed by atoms with E-state index in [0.29, 0.717) is 26.7 Å². The Morgan fingerprint density at radius 1 is 1.21 bits per heavy atom. The Kier molecular flexibility index (Phi) is 5.86. The minimum absolute atomic E-state index is 0.0222. The fourth-order valence-electron chi connectivity index (χ4n) is 2.20. The Hall–Kier alpha value is -0.380. The predicted molar refractivity (Wildman–Crippen MR) is 84.4 cm³/mol. The van der Waals surface area contributed by atoms with Crippen molar-refractivity contribution in [1.82, 2.24) is 0 Å². The molecule has 1 N–H and O–H groups in total. The molecule has 1 amide bonds. The number of halogens is 2. The van der Waals surface area contributed by atoms with E-state index in [4.69, 9.17) is 23.2 Å². The normalized spacial score (nSPS) is 16.3. The minimum Gasteiger partial charge on any atom is -0.325 e. The first kappa shape index (κ1) is 15.0. The fraction of sp³-hybridized carbons (Fsp3) is 0.500. The molecule has 1 aliphatic rings. The van der Waals surface area contributed by atoms with Crippen LogP contribution in [0.25, 0.3) is 0 Å². The van der Waals surface area contributed by atoms with Crippen LogP contribution in [0.2, 0.25) is 10.0 Å². The average Bonchev–Trinajstić information content (AvgIpc) is 2.42. The summed E-state index contributed by atoms with van der Waals surface area (Å²) in [7, 11) is 0. The zero-order chi connectivity index (χ0) is 13.7. The molecule has 0 aliphatic heterocycles. The van der Waals surface area contributed by atoms with Gasteiger partial charge in [-0.3, -0.25) is 4.79 Å². The van der Waals surface area contributed by atoms with Crippen LogP contribution in [0.4, 0.5) is 5.69 Å². The van der Waals surface area contributed by atoms with Crippen molar-refractivity contribution in [3.8, 4) is 0 Å². The number of carbonyl (C=O) groups is 1. The first-order valence-electron chi connectivity index (χ1n) is 6.51. The summed E-state index contributed by atoms with van der Waals surface area (Å²) in [6.45, 7) is 0. The lowest BCUT2D eigenvalue weighted by atomic mass is 10.0. The highest BCUT2D eigenvalue weighted by Gasteiger charge is 2.15. The summed E-state index contributed by atoms with van der Waals surface area (Å²) in [4.78, 5) is 11.8. The zero-order valence-electron chi connectivity index (χ0n) is 10.6. The van der Waals surface area contributed by atoms with E-state index >= 15 is 0 Å². The first-order valence-corrected chi connectivity index (χ1v) is 8.32. The number of benzene rings is 1. The van der Waals surface area contributed by atoms with Crippen LogP contribution in [-0.2, 0) is 4.79 Å². The van der Waals surface area contributed by atoms with Gasteiger partial charge < -0.3 is 5.32 Å². The maximum absolute atomic E-state index is 11.8. The number of nitrogens with one attached hydrogen (secondary N) is 1. The van der Waals surface area contributed by atoms with Crippen LogP contribution in [0.15, 0.2) is 18.2 Å². The molecule has 0 bridgehead atoms. The van der Waals surface area contributed by atoms with Crippen LogP contribution in [0, 0.1) is 0 Å². The van der Waals surface area contributed by atoms with Crippen LogP contribution in [-0.4, -0.2) is 16.9 Å². The van der Waals surface area contributed by atoms with Gasteiger partial charge in [0.15, 0.2) is 0 Å². The van der Waals surface area contributed by atoms with Crippen molar-refractivity contribution in [3.63, 3.8) is 0 Å². The summed E-state index contributed by atoms with van der Waals surface area (Å²) in [6.07, 6.45) is 6.42. The van der Waals surface area contributed by atoms with Crippen molar-refractivity contribution < 1.29 is 4.79 Å². The molecule has 104 valence electrons. The van der Waals surface area contributed by atoms with Gasteiger partial charge in [0.2, 0.25) is 5.91 Å². The molecule has 1 saturated carbocycles. The minimum atomic E-state index is 0.0222. The Morgan fingerprint density at radius 2 is 1.95 bits per heavy atom. The van der Waals surface area contributed by atoms with Gasteiger partial charge in [-0.1, -0.05) is 42.5 Å². The molecule has 2 rings (SSSR count). The van der Waals surface area contributed by atoms with E-state index in [2.05, 4.69) is 5.32 Å². The van der Waals surface area contributed by atoms with E-state index in [1.165, 1.54) is 32.1 Å². The number of amides is 1. The Balaban J connectivity index is 1.78. The molecule has 0 spiro atoms. The smallest absolute Gasteiger partial charge is 0.234 e. The molecule has 0 radical (unpaired) electrons. The van der Waals surface area contributed by atoms with E-state index in [-0.39, 0.29) is 5.91 Å². The Morgan fingerprint density at radius 3 is 2.63 bits per heavy atom. The molecule has 1 aliphatic carbocycles. The number of carbonyl (C=O) groups excluding carboxylic acids is 1. The molecule has 2 nitrogen and oxygen atoms in total. The standard InChI is InChI=1S/C14H17Cl2NOS/c15-12-7-6-10(8-13(12)16)17-14(18)9-19-11-4-2-1-3-5-11/h6-8,11H,1-5,9H2,(H,17,18). The van der Waals surface area contributed by atoms with Crippen molar-refractivity contribution >= 4 is 46.6 Å². The highest BCUT2D eigenvalue weighted by Crippen LogP contribution is 2.28. The lowest BCUT2D eigenvalue weighted by Gasteiger charge is -2.20. The SMILES string of the molecule is O=C(CSC1CCCCC1)Nc1ccc(Cl)c(Cl)c1. The maximum Gasteiger partial charge on any atom is 0.234 e. The van der Waals surface area contributed by atoms with Gasteiger partial charge in [-0.15, -0.1) is 11.8 Å². The second-order valence-electron chi connectivity index (χ2n) is 4.75. The topological polar surface area (TPSA) is 29.1 Å². The Bertz CT molecular complexity index is 447. The monoisotopic (exact) mass is 317 g/mol. The van der Waals surface area contributed by atoms with Gasteiger partial charge in [0, 0.05) is 10.9 Å². The number of hydrogen-bond acceptors (Lipinski definition) is 2. The summed E-state index contributed by atoms with van der Waals surface area (Å²) >= 11 is 13.5. The highest BCUT2D eigenvalue weighted by atomic mass is 35.5. The molecule has 5 heteroatoms. The molecule has 1 aromatic carbocycles. The molecule has 0 atom stereocenters. The second kappa shape index (κ2) is 7.41. The maximum atomic E-state index is 11.8. The van der Waals surface area contributed by atoms with Crippen molar-refractivity contribution in [1.29, 1.82) is 0 Å². The van der Waals surface area contributed by atoms with E-state index in [1.54, 1.807) is 30.0 Å². The summed E-state index contributed by atoms with van der Waals surface area (Å²) < 4.78 is 0. The number of anilines is 1. The quantitative estimate of drug-likeness (QED) is 0.846. The molecular weight excluding hydrogens is 301 g/mol. The summed E-state index contributed by atoms with van der Waals surface area (Å²) in [5.41, 5.74) is 0.698. The third-order valence-corrected chi connectivity index (χ3v) is 5.32. The van der Waals surface area contributed by atoms with Gasteiger partial charge in [0.25, 0.3) is 0 Å². The van der Waals surface area contributed by atoms with Gasteiger partial charge in [-0.25, -0.2) is 0 Å². The molecule has 1 aromatic rings. The molecular formula is C14H17Cl2NOS. The van der Waals surface area contributed by atoms with E-state index in [1.807, 2.05) is 0 Å². The molecule has 0 heterocycles. The predicted octanol–water partition coefficient (Wildman–Crippen LogP) is 5.00. The molecule has 0 aromatic heterocycles. The van der Waals surface area contributed by atoms with Gasteiger partial charge in [-0.05, 0) is 31.0 Å². The molecule has 1 fully saturated rings. The van der Waals surface area contributed by atoms with Gasteiger partial charge in [-0.2, -0.15) is 0 Å². The van der Waals surface area contributed by atoms with Crippen LogP contribution >= 0.6 is 35.0 Å². The third kappa shape index (κ3) is 4.90. The number of hydrogen-bond donors (Lipinski definition) is 1. The van der Waals surface area contributed by atoms with Gasteiger partial charge >= 0.3 is 0 Å². The van der Waals surface area contributed by atoms with Gasteiger partial charge in [0.05, 0.1) is 15.8 Å². The highest BCUT2D eigenvalue weighted by molar-refractivity contribution is 8.00. The summed E-state index contributed by atoms with van der Waals surface area (Å²) in [6, 6.07) is 5.12. The third-order valence-electron chi connectivity index (χ3n) is 3.21.